The molecule has 2 rings (SSSR count). The van der Waals surface area contributed by atoms with Gasteiger partial charge in [-0.05, 0) is 50.1 Å². The third-order valence-electron chi connectivity index (χ3n) is 3.66. The molecule has 0 saturated carbocycles. The van der Waals surface area contributed by atoms with Gasteiger partial charge in [0.2, 0.25) is 0 Å². The van der Waals surface area contributed by atoms with E-state index in [0.29, 0.717) is 5.92 Å². The first kappa shape index (κ1) is 14.9. The van der Waals surface area contributed by atoms with E-state index in [0.717, 1.165) is 19.4 Å². The summed E-state index contributed by atoms with van der Waals surface area (Å²) in [5.41, 5.74) is 0.722. The monoisotopic (exact) mass is 271 g/mol. The summed E-state index contributed by atoms with van der Waals surface area (Å²) in [7, 11) is 0. The topological polar surface area (TPSA) is 25.2 Å². The Bertz CT molecular complexity index is 574. The van der Waals surface area contributed by atoms with Crippen molar-refractivity contribution in [1.29, 1.82) is 0 Å². The molecule has 108 valence electrons. The van der Waals surface area contributed by atoms with Crippen LogP contribution in [0.15, 0.2) is 48.7 Å². The van der Waals surface area contributed by atoms with Gasteiger partial charge in [0, 0.05) is 18.3 Å². The van der Waals surface area contributed by atoms with Gasteiger partial charge in [-0.3, -0.25) is 0 Å². The maximum atomic E-state index is 9.73. The van der Waals surface area contributed by atoms with Gasteiger partial charge in [-0.15, -0.1) is 0 Å². The van der Waals surface area contributed by atoms with Gasteiger partial charge in [0.1, 0.15) is 0 Å². The second-order valence-electron chi connectivity index (χ2n) is 6.28. The van der Waals surface area contributed by atoms with Gasteiger partial charge in [-0.1, -0.05) is 37.3 Å². The molecular formula is C18H25NO. The van der Waals surface area contributed by atoms with Crippen molar-refractivity contribution in [2.45, 2.75) is 45.8 Å². The van der Waals surface area contributed by atoms with Crippen LogP contribution < -0.4 is 0 Å². The molecule has 2 heteroatoms. The van der Waals surface area contributed by atoms with Gasteiger partial charge in [0.15, 0.2) is 0 Å². The fraction of sp³-hybridized carbons (Fsp3) is 0.444. The molecular weight excluding hydrogens is 246 g/mol. The lowest BCUT2D eigenvalue weighted by Crippen LogP contribution is -2.18. The maximum absolute atomic E-state index is 9.73. The zero-order valence-corrected chi connectivity index (χ0v) is 12.7. The number of fused-ring (bicyclic) bond motifs is 1. The van der Waals surface area contributed by atoms with Crippen molar-refractivity contribution in [3.63, 3.8) is 0 Å². The normalized spacial score (nSPS) is 14.2. The van der Waals surface area contributed by atoms with Crippen molar-refractivity contribution >= 4 is 10.9 Å². The summed E-state index contributed by atoms with van der Waals surface area (Å²) in [4.78, 5) is 0. The molecule has 2 nitrogen and oxygen atoms in total. The van der Waals surface area contributed by atoms with Gasteiger partial charge in [-0.25, -0.2) is 0 Å². The Hall–Kier alpha value is -1.54. The van der Waals surface area contributed by atoms with E-state index in [4.69, 9.17) is 0 Å². The molecule has 0 spiro atoms. The summed E-state index contributed by atoms with van der Waals surface area (Å²) >= 11 is 0. The van der Waals surface area contributed by atoms with Crippen molar-refractivity contribution in [3.05, 3.63) is 48.7 Å². The van der Waals surface area contributed by atoms with Crippen molar-refractivity contribution in [1.82, 2.24) is 4.57 Å². The fourth-order valence-corrected chi connectivity index (χ4v) is 2.38. The van der Waals surface area contributed by atoms with Crippen LogP contribution in [0.1, 0.15) is 33.6 Å². The lowest BCUT2D eigenvalue weighted by molar-refractivity contribution is 0.0661. The predicted octanol–water partition coefficient (Wildman–Crippen LogP) is 4.38. The number of hydrogen-bond acceptors (Lipinski definition) is 1. The Balaban J connectivity index is 1.90. The lowest BCUT2D eigenvalue weighted by Gasteiger charge is -2.18. The minimum absolute atomic E-state index is 0.503. The van der Waals surface area contributed by atoms with Crippen LogP contribution in [0.4, 0.5) is 0 Å². The summed E-state index contributed by atoms with van der Waals surface area (Å²) < 4.78 is 2.26. The van der Waals surface area contributed by atoms with E-state index < -0.39 is 5.60 Å². The van der Waals surface area contributed by atoms with Crippen LogP contribution in [0.5, 0.6) is 0 Å². The molecule has 0 amide bonds. The van der Waals surface area contributed by atoms with E-state index in [9.17, 15) is 5.11 Å². The number of aliphatic hydroxyl groups is 1. The highest BCUT2D eigenvalue weighted by Gasteiger charge is 2.12. The number of rotatable bonds is 6. The Morgan fingerprint density at radius 3 is 2.75 bits per heavy atom. The van der Waals surface area contributed by atoms with Crippen LogP contribution in [0.2, 0.25) is 0 Å². The molecule has 1 heterocycles. The minimum atomic E-state index is -0.557. The van der Waals surface area contributed by atoms with Gasteiger partial charge in [-0.2, -0.15) is 0 Å². The molecule has 1 N–H and O–H groups in total. The largest absolute Gasteiger partial charge is 0.390 e. The Labute approximate surface area is 121 Å². The minimum Gasteiger partial charge on any atom is -0.390 e. The van der Waals surface area contributed by atoms with Crippen LogP contribution in [0, 0.1) is 5.92 Å². The first-order valence-corrected chi connectivity index (χ1v) is 7.39. The van der Waals surface area contributed by atoms with Gasteiger partial charge in [0.05, 0.1) is 5.60 Å². The number of aromatic nitrogens is 1. The molecule has 1 aromatic heterocycles. The number of allylic oxidation sites excluding steroid dienone is 2. The molecule has 0 aliphatic rings. The summed E-state index contributed by atoms with van der Waals surface area (Å²) in [6.07, 6.45) is 8.47. The van der Waals surface area contributed by atoms with E-state index in [1.807, 2.05) is 13.8 Å². The third kappa shape index (κ3) is 4.24. The summed E-state index contributed by atoms with van der Waals surface area (Å²) in [5.74, 6) is 0.503. The number of hydrogen-bond donors (Lipinski definition) is 1. The van der Waals surface area contributed by atoms with Crippen LogP contribution in [-0.4, -0.2) is 15.3 Å². The smallest absolute Gasteiger partial charge is 0.0592 e. The number of benzene rings is 1. The molecule has 1 unspecified atom stereocenters. The zero-order chi connectivity index (χ0) is 14.6. The highest BCUT2D eigenvalue weighted by atomic mass is 16.3. The lowest BCUT2D eigenvalue weighted by atomic mass is 9.96. The molecule has 0 saturated heterocycles. The summed E-state index contributed by atoms with van der Waals surface area (Å²) in [5, 5.41) is 11.0. The first-order valence-electron chi connectivity index (χ1n) is 7.39. The van der Waals surface area contributed by atoms with Crippen LogP contribution >= 0.6 is 0 Å². The maximum Gasteiger partial charge on any atom is 0.0592 e. The van der Waals surface area contributed by atoms with Crippen LogP contribution in [-0.2, 0) is 6.54 Å². The molecule has 0 fully saturated rings. The first-order chi connectivity index (χ1) is 9.46. The molecule has 2 aromatic rings. The van der Waals surface area contributed by atoms with Crippen molar-refractivity contribution in [2.75, 3.05) is 0 Å². The highest BCUT2D eigenvalue weighted by molar-refractivity contribution is 5.79. The molecule has 0 bridgehead atoms. The molecule has 20 heavy (non-hydrogen) atoms. The number of nitrogens with zero attached hydrogens (tertiary/aromatic N) is 1. The van der Waals surface area contributed by atoms with Crippen LogP contribution in [0.25, 0.3) is 10.9 Å². The van der Waals surface area contributed by atoms with Gasteiger partial charge in [0.25, 0.3) is 0 Å². The average Bonchev–Trinajstić information content (AvgIpc) is 2.79. The van der Waals surface area contributed by atoms with Crippen molar-refractivity contribution in [3.8, 4) is 0 Å². The van der Waals surface area contributed by atoms with Crippen LogP contribution in [0.3, 0.4) is 0 Å². The molecule has 0 radical (unpaired) electrons. The fourth-order valence-electron chi connectivity index (χ4n) is 2.38. The van der Waals surface area contributed by atoms with E-state index in [-0.39, 0.29) is 0 Å². The van der Waals surface area contributed by atoms with E-state index in [2.05, 4.69) is 60.2 Å². The summed E-state index contributed by atoms with van der Waals surface area (Å²) in [6, 6.07) is 10.6. The average molecular weight is 271 g/mol. The van der Waals surface area contributed by atoms with E-state index >= 15 is 0 Å². The van der Waals surface area contributed by atoms with Crippen molar-refractivity contribution in [2.24, 2.45) is 5.92 Å². The van der Waals surface area contributed by atoms with Crippen molar-refractivity contribution < 1.29 is 5.11 Å². The van der Waals surface area contributed by atoms with Gasteiger partial charge < -0.3 is 9.67 Å². The predicted molar refractivity (Wildman–Crippen MR) is 85.8 cm³/mol. The second kappa shape index (κ2) is 6.27. The molecule has 0 aliphatic heterocycles. The molecule has 0 aliphatic carbocycles. The SMILES string of the molecule is CC(/C=C/Cn1ccc2ccccc21)CCC(C)(C)O. The number of para-hydroxylation sites is 1. The van der Waals surface area contributed by atoms with E-state index in [1.54, 1.807) is 0 Å². The quantitative estimate of drug-likeness (QED) is 0.775. The highest BCUT2D eigenvalue weighted by Crippen LogP contribution is 2.17. The third-order valence-corrected chi connectivity index (χ3v) is 3.66. The van der Waals surface area contributed by atoms with E-state index in [1.165, 1.54) is 10.9 Å². The Morgan fingerprint density at radius 1 is 1.25 bits per heavy atom. The zero-order valence-electron chi connectivity index (χ0n) is 12.7. The summed E-state index contributed by atoms with van der Waals surface area (Å²) in [6.45, 7) is 6.85. The molecule has 1 atom stereocenters. The molecule has 1 aromatic carbocycles. The Kier molecular flexibility index (Phi) is 4.66. The van der Waals surface area contributed by atoms with Gasteiger partial charge >= 0.3 is 0 Å². The second-order valence-corrected chi connectivity index (χ2v) is 6.28. The Morgan fingerprint density at radius 2 is 2.00 bits per heavy atom. The standard InChI is InChI=1S/C18H25NO/c1-15(10-12-18(2,3)20)7-6-13-19-14-11-16-8-4-5-9-17(16)19/h4-9,11,14-15,20H,10,12-13H2,1-3H3/b7-6+.